The topological polar surface area (TPSA) is 28.7 Å². The van der Waals surface area contributed by atoms with Crippen LogP contribution in [-0.4, -0.2) is 10.2 Å². The minimum Gasteiger partial charge on any atom is -0.282 e. The Morgan fingerprint density at radius 3 is 2.40 bits per heavy atom. The zero-order valence-corrected chi connectivity index (χ0v) is 5.78. The van der Waals surface area contributed by atoms with E-state index in [4.69, 9.17) is 0 Å². The van der Waals surface area contributed by atoms with E-state index in [1.54, 1.807) is 6.92 Å². The molecule has 1 heterocycles. The third kappa shape index (κ3) is 1.32. The molecule has 1 aromatic heterocycles. The first-order chi connectivity index (χ1) is 4.50. The predicted octanol–water partition coefficient (Wildman–Crippen LogP) is 1.83. The van der Waals surface area contributed by atoms with Crippen LogP contribution in [0.3, 0.4) is 0 Å². The third-order valence-electron chi connectivity index (χ3n) is 1.16. The first kappa shape index (κ1) is 7.18. The first-order valence-corrected chi connectivity index (χ1v) is 2.90. The van der Waals surface area contributed by atoms with Crippen molar-refractivity contribution in [1.82, 2.24) is 10.2 Å². The molecule has 0 aliphatic carbocycles. The molecule has 0 aromatic carbocycles. The van der Waals surface area contributed by atoms with E-state index in [0.717, 1.165) is 6.92 Å². The molecule has 56 valence electrons. The molecule has 0 radical (unpaired) electrons. The molecule has 2 nitrogen and oxygen atoms in total. The third-order valence-corrected chi connectivity index (χ3v) is 1.16. The van der Waals surface area contributed by atoms with Crippen molar-refractivity contribution < 1.29 is 8.78 Å². The quantitative estimate of drug-likeness (QED) is 0.643. The Balaban J connectivity index is 2.96. The number of aromatic nitrogens is 2. The summed E-state index contributed by atoms with van der Waals surface area (Å²) in [7, 11) is 0. The highest BCUT2D eigenvalue weighted by Gasteiger charge is 2.26. The molecule has 0 aliphatic rings. The predicted molar refractivity (Wildman–Crippen MR) is 32.9 cm³/mol. The van der Waals surface area contributed by atoms with Crippen LogP contribution in [0.2, 0.25) is 0 Å². The molecule has 1 rings (SSSR count). The maximum atomic E-state index is 12.4. The maximum Gasteiger partial charge on any atom is 0.288 e. The van der Waals surface area contributed by atoms with Gasteiger partial charge in [-0.15, -0.1) is 0 Å². The van der Waals surface area contributed by atoms with Crippen molar-refractivity contribution in [1.29, 1.82) is 0 Å². The van der Waals surface area contributed by atoms with Gasteiger partial charge in [-0.1, -0.05) is 0 Å². The lowest BCUT2D eigenvalue weighted by atomic mass is 10.2. The molecule has 0 saturated heterocycles. The van der Waals surface area contributed by atoms with Gasteiger partial charge in [0.25, 0.3) is 5.92 Å². The van der Waals surface area contributed by atoms with Crippen LogP contribution in [-0.2, 0) is 5.92 Å². The number of halogens is 2. The second kappa shape index (κ2) is 2.04. The number of nitrogens with zero attached hydrogens (tertiary/aromatic N) is 1. The van der Waals surface area contributed by atoms with E-state index >= 15 is 0 Å². The Labute approximate surface area is 57.3 Å². The average Bonchev–Trinajstić information content (AvgIpc) is 2.11. The Morgan fingerprint density at radius 2 is 2.20 bits per heavy atom. The van der Waals surface area contributed by atoms with Crippen molar-refractivity contribution in [3.05, 3.63) is 17.5 Å². The van der Waals surface area contributed by atoms with E-state index in [9.17, 15) is 8.78 Å². The van der Waals surface area contributed by atoms with E-state index in [-0.39, 0.29) is 5.69 Å². The normalized spacial score (nSPS) is 12.0. The highest BCUT2D eigenvalue weighted by Crippen LogP contribution is 2.24. The van der Waals surface area contributed by atoms with Crippen molar-refractivity contribution in [2.75, 3.05) is 0 Å². The number of hydrogen-bond acceptors (Lipinski definition) is 1. The van der Waals surface area contributed by atoms with Crippen LogP contribution in [0.15, 0.2) is 6.07 Å². The number of aromatic amines is 1. The average molecular weight is 146 g/mol. The molecule has 0 spiro atoms. The standard InChI is InChI=1S/C6H8F2N2/c1-4-3-5(10-9-4)6(2,7)8/h3H,1-2H3,(H,9,10). The van der Waals surface area contributed by atoms with Gasteiger partial charge in [0.2, 0.25) is 0 Å². The van der Waals surface area contributed by atoms with Crippen molar-refractivity contribution in [2.45, 2.75) is 19.8 Å². The minimum atomic E-state index is -2.83. The van der Waals surface area contributed by atoms with Crippen LogP contribution in [0.4, 0.5) is 8.78 Å². The minimum absolute atomic E-state index is 0.204. The van der Waals surface area contributed by atoms with E-state index in [2.05, 4.69) is 10.2 Å². The monoisotopic (exact) mass is 146 g/mol. The van der Waals surface area contributed by atoms with Gasteiger partial charge in [-0.05, 0) is 13.0 Å². The van der Waals surface area contributed by atoms with Gasteiger partial charge in [-0.25, -0.2) is 0 Å². The summed E-state index contributed by atoms with van der Waals surface area (Å²) in [5.41, 5.74) is 0.446. The molecular formula is C6H8F2N2. The lowest BCUT2D eigenvalue weighted by Gasteiger charge is -2.03. The molecule has 0 fully saturated rings. The van der Waals surface area contributed by atoms with Gasteiger partial charge >= 0.3 is 0 Å². The van der Waals surface area contributed by atoms with Gasteiger partial charge in [-0.3, -0.25) is 5.10 Å². The summed E-state index contributed by atoms with van der Waals surface area (Å²) < 4.78 is 24.8. The SMILES string of the molecule is Cc1cc(C(C)(F)F)n[nH]1. The number of aryl methyl sites for hydroxylation is 1. The molecule has 1 N–H and O–H groups in total. The molecule has 10 heavy (non-hydrogen) atoms. The molecule has 0 saturated carbocycles. The van der Waals surface area contributed by atoms with Crippen LogP contribution >= 0.6 is 0 Å². The number of rotatable bonds is 1. The van der Waals surface area contributed by atoms with Crippen LogP contribution in [0, 0.1) is 6.92 Å². The van der Waals surface area contributed by atoms with Gasteiger partial charge in [0.15, 0.2) is 0 Å². The Bertz CT molecular complexity index is 224. The Hall–Kier alpha value is -0.930. The second-order valence-electron chi connectivity index (χ2n) is 2.32. The zero-order chi connectivity index (χ0) is 7.78. The molecule has 0 amide bonds. The summed E-state index contributed by atoms with van der Waals surface area (Å²) in [5.74, 6) is -2.83. The van der Waals surface area contributed by atoms with E-state index in [0.29, 0.717) is 5.69 Å². The summed E-state index contributed by atoms with van der Waals surface area (Å²) in [6, 6.07) is 1.33. The van der Waals surface area contributed by atoms with Gasteiger partial charge < -0.3 is 0 Å². The second-order valence-corrected chi connectivity index (χ2v) is 2.32. The highest BCUT2D eigenvalue weighted by atomic mass is 19.3. The van der Waals surface area contributed by atoms with Gasteiger partial charge in [0.05, 0.1) is 0 Å². The molecule has 4 heteroatoms. The number of alkyl halides is 2. The maximum absolute atomic E-state index is 12.4. The van der Waals surface area contributed by atoms with Crippen LogP contribution in [0.5, 0.6) is 0 Å². The Kier molecular flexibility index (Phi) is 1.46. The summed E-state index contributed by atoms with van der Waals surface area (Å²) in [6.07, 6.45) is 0. The van der Waals surface area contributed by atoms with E-state index in [1.807, 2.05) is 0 Å². The zero-order valence-electron chi connectivity index (χ0n) is 5.78. The van der Waals surface area contributed by atoms with Crippen molar-refractivity contribution >= 4 is 0 Å². The largest absolute Gasteiger partial charge is 0.288 e. The highest BCUT2D eigenvalue weighted by molar-refractivity contribution is 5.10. The lowest BCUT2D eigenvalue weighted by Crippen LogP contribution is -2.06. The van der Waals surface area contributed by atoms with Gasteiger partial charge in [-0.2, -0.15) is 13.9 Å². The van der Waals surface area contributed by atoms with Crippen molar-refractivity contribution in [2.24, 2.45) is 0 Å². The van der Waals surface area contributed by atoms with Crippen LogP contribution in [0.1, 0.15) is 18.3 Å². The fraction of sp³-hybridized carbons (Fsp3) is 0.500. The smallest absolute Gasteiger partial charge is 0.282 e. The summed E-state index contributed by atoms with van der Waals surface area (Å²) in [5, 5.41) is 5.86. The number of hydrogen-bond donors (Lipinski definition) is 1. The number of nitrogens with one attached hydrogen (secondary N) is 1. The van der Waals surface area contributed by atoms with Crippen LogP contribution < -0.4 is 0 Å². The van der Waals surface area contributed by atoms with Gasteiger partial charge in [0.1, 0.15) is 5.69 Å². The van der Waals surface area contributed by atoms with Crippen LogP contribution in [0.25, 0.3) is 0 Å². The van der Waals surface area contributed by atoms with Crippen molar-refractivity contribution in [3.63, 3.8) is 0 Å². The van der Waals surface area contributed by atoms with Gasteiger partial charge in [0, 0.05) is 12.6 Å². The summed E-state index contributed by atoms with van der Waals surface area (Å²) in [4.78, 5) is 0. The molecular weight excluding hydrogens is 138 g/mol. The molecule has 1 aromatic rings. The fourth-order valence-electron chi connectivity index (χ4n) is 0.643. The first-order valence-electron chi connectivity index (χ1n) is 2.90. The molecule has 0 bridgehead atoms. The van der Waals surface area contributed by atoms with E-state index in [1.165, 1.54) is 6.07 Å². The number of H-pyrrole nitrogens is 1. The molecule has 0 unspecified atom stereocenters. The summed E-state index contributed by atoms with van der Waals surface area (Å²) in [6.45, 7) is 2.50. The summed E-state index contributed by atoms with van der Waals surface area (Å²) >= 11 is 0. The van der Waals surface area contributed by atoms with Crippen molar-refractivity contribution in [3.8, 4) is 0 Å². The Morgan fingerprint density at radius 1 is 1.60 bits per heavy atom. The lowest BCUT2D eigenvalue weighted by molar-refractivity contribution is 0.0127. The van der Waals surface area contributed by atoms with E-state index < -0.39 is 5.92 Å². The molecule has 0 aliphatic heterocycles. The molecule has 0 atom stereocenters. The fourth-order valence-corrected chi connectivity index (χ4v) is 0.643.